The second-order valence-electron chi connectivity index (χ2n) is 6.90. The molecule has 2 rings (SSSR count). The lowest BCUT2D eigenvalue weighted by Gasteiger charge is -2.19. The summed E-state index contributed by atoms with van der Waals surface area (Å²) in [5.74, 6) is -3.17. The van der Waals surface area contributed by atoms with E-state index in [4.69, 9.17) is 4.74 Å². The number of imide groups is 2. The van der Waals surface area contributed by atoms with Crippen molar-refractivity contribution in [1.82, 2.24) is 26.0 Å². The molecule has 0 spiro atoms. The third-order valence-corrected chi connectivity index (χ3v) is 4.30. The van der Waals surface area contributed by atoms with E-state index in [0.717, 1.165) is 0 Å². The monoisotopic (exact) mass is 383 g/mol. The van der Waals surface area contributed by atoms with Crippen LogP contribution in [-0.4, -0.2) is 69.9 Å². The van der Waals surface area contributed by atoms with E-state index in [-0.39, 0.29) is 0 Å². The Morgan fingerprint density at radius 1 is 1.04 bits per heavy atom. The summed E-state index contributed by atoms with van der Waals surface area (Å²) in [4.78, 5) is 71.9. The molecule has 27 heavy (non-hydrogen) atoms. The molecular formula is C15H21N5O7. The summed E-state index contributed by atoms with van der Waals surface area (Å²) in [6.45, 7) is 4.70. The normalized spacial score (nSPS) is 24.0. The van der Waals surface area contributed by atoms with Crippen LogP contribution in [0.3, 0.4) is 0 Å². The molecule has 0 radical (unpaired) electrons. The second kappa shape index (κ2) is 6.85. The number of hydrazine groups is 1. The highest BCUT2D eigenvalue weighted by Gasteiger charge is 2.48. The van der Waals surface area contributed by atoms with Gasteiger partial charge in [0, 0.05) is 0 Å². The van der Waals surface area contributed by atoms with Crippen molar-refractivity contribution in [1.29, 1.82) is 0 Å². The van der Waals surface area contributed by atoms with Gasteiger partial charge in [0.25, 0.3) is 17.7 Å². The van der Waals surface area contributed by atoms with Crippen LogP contribution in [0.4, 0.5) is 9.59 Å². The highest BCUT2D eigenvalue weighted by atomic mass is 16.5. The molecule has 7 amide bonds. The number of urea groups is 2. The van der Waals surface area contributed by atoms with Crippen molar-refractivity contribution in [3.8, 4) is 0 Å². The number of carbonyl (C=O) groups excluding carboxylic acids is 6. The average Bonchev–Trinajstić information content (AvgIpc) is 2.91. The van der Waals surface area contributed by atoms with E-state index in [1.165, 1.54) is 20.8 Å². The number of nitrogens with zero attached hydrogens (tertiary/aromatic N) is 2. The van der Waals surface area contributed by atoms with Crippen molar-refractivity contribution in [2.75, 3.05) is 13.2 Å². The molecule has 0 aromatic heterocycles. The van der Waals surface area contributed by atoms with E-state index in [9.17, 15) is 28.8 Å². The van der Waals surface area contributed by atoms with Crippen LogP contribution in [-0.2, 0) is 23.9 Å². The first-order valence-electron chi connectivity index (χ1n) is 8.17. The van der Waals surface area contributed by atoms with Gasteiger partial charge in [0.15, 0.2) is 6.61 Å². The zero-order valence-electron chi connectivity index (χ0n) is 15.4. The Balaban J connectivity index is 1.85. The second-order valence-corrected chi connectivity index (χ2v) is 6.90. The molecule has 12 nitrogen and oxygen atoms in total. The number of carbonyl (C=O) groups is 6. The molecule has 0 aromatic rings. The zero-order chi connectivity index (χ0) is 20.6. The summed E-state index contributed by atoms with van der Waals surface area (Å²) in [5.41, 5.74) is -0.219. The lowest BCUT2D eigenvalue weighted by Crippen LogP contribution is -2.49. The Morgan fingerprint density at radius 2 is 1.67 bits per heavy atom. The Kier molecular flexibility index (Phi) is 5.11. The number of rotatable bonds is 6. The molecule has 3 N–H and O–H groups in total. The van der Waals surface area contributed by atoms with Crippen molar-refractivity contribution in [2.24, 2.45) is 0 Å². The molecule has 12 heteroatoms. The fourth-order valence-corrected chi connectivity index (χ4v) is 2.46. The average molecular weight is 383 g/mol. The van der Waals surface area contributed by atoms with Gasteiger partial charge in [-0.05, 0) is 27.2 Å². The van der Waals surface area contributed by atoms with Gasteiger partial charge in [0.1, 0.15) is 17.6 Å². The van der Waals surface area contributed by atoms with Crippen LogP contribution in [0.5, 0.6) is 0 Å². The maximum Gasteiger partial charge on any atom is 0.344 e. The number of ether oxygens (including phenoxy) is 1. The maximum atomic E-state index is 12.1. The number of hydrogen-bond donors (Lipinski definition) is 3. The molecule has 0 aromatic carbocycles. The molecular weight excluding hydrogens is 362 g/mol. The van der Waals surface area contributed by atoms with E-state index >= 15 is 0 Å². The van der Waals surface area contributed by atoms with Crippen molar-refractivity contribution < 1.29 is 33.5 Å². The Labute approximate surface area is 154 Å². The summed E-state index contributed by atoms with van der Waals surface area (Å²) in [7, 11) is 0. The summed E-state index contributed by atoms with van der Waals surface area (Å²) < 4.78 is 4.70. The third-order valence-electron chi connectivity index (χ3n) is 4.30. The van der Waals surface area contributed by atoms with Crippen LogP contribution in [0.2, 0.25) is 0 Å². The molecule has 2 fully saturated rings. The quantitative estimate of drug-likeness (QED) is 0.377. The molecule has 1 atom stereocenters. The van der Waals surface area contributed by atoms with Gasteiger partial charge < -0.3 is 15.4 Å². The minimum atomic E-state index is -1.13. The molecule has 2 aliphatic rings. The molecule has 0 bridgehead atoms. The van der Waals surface area contributed by atoms with Gasteiger partial charge in [-0.2, -0.15) is 5.01 Å². The molecule has 2 heterocycles. The molecule has 0 saturated carbocycles. The van der Waals surface area contributed by atoms with E-state index in [1.807, 2.05) is 5.43 Å². The molecule has 0 aliphatic carbocycles. The Hall–Kier alpha value is -3.18. The minimum absolute atomic E-state index is 0.321. The summed E-state index contributed by atoms with van der Waals surface area (Å²) in [5, 5.41) is 5.35. The predicted octanol–water partition coefficient (Wildman–Crippen LogP) is -1.39. The van der Waals surface area contributed by atoms with Gasteiger partial charge in [-0.3, -0.25) is 29.5 Å². The van der Waals surface area contributed by atoms with Crippen LogP contribution >= 0.6 is 0 Å². The number of hydrogen-bond acceptors (Lipinski definition) is 7. The zero-order valence-corrected chi connectivity index (χ0v) is 15.4. The van der Waals surface area contributed by atoms with Crippen LogP contribution in [0.25, 0.3) is 0 Å². The summed E-state index contributed by atoms with van der Waals surface area (Å²) in [6, 6.07) is -1.55. The fourth-order valence-electron chi connectivity index (χ4n) is 2.46. The molecule has 2 aliphatic heterocycles. The molecule has 1 unspecified atom stereocenters. The topological polar surface area (TPSA) is 154 Å². The summed E-state index contributed by atoms with van der Waals surface area (Å²) in [6.07, 6.45) is 0.321. The van der Waals surface area contributed by atoms with Gasteiger partial charge in [-0.1, -0.05) is 6.92 Å². The van der Waals surface area contributed by atoms with Gasteiger partial charge in [0.05, 0.1) is 0 Å². The number of esters is 1. The first-order valence-corrected chi connectivity index (χ1v) is 8.17. The van der Waals surface area contributed by atoms with Gasteiger partial charge >= 0.3 is 18.0 Å². The molecule has 2 saturated heterocycles. The van der Waals surface area contributed by atoms with E-state index in [0.29, 0.717) is 16.3 Å². The first kappa shape index (κ1) is 20.1. The van der Waals surface area contributed by atoms with Gasteiger partial charge in [-0.25, -0.2) is 9.59 Å². The maximum absolute atomic E-state index is 12.1. The number of nitrogens with one attached hydrogen (secondary N) is 3. The van der Waals surface area contributed by atoms with E-state index in [2.05, 4.69) is 10.6 Å². The fraction of sp³-hybridized carbons (Fsp3) is 0.600. The van der Waals surface area contributed by atoms with Gasteiger partial charge in [0.2, 0.25) is 0 Å². The van der Waals surface area contributed by atoms with E-state index < -0.39 is 60.0 Å². The lowest BCUT2D eigenvalue weighted by atomic mass is 10.00. The van der Waals surface area contributed by atoms with Crippen LogP contribution in [0, 0.1) is 0 Å². The van der Waals surface area contributed by atoms with Crippen molar-refractivity contribution in [3.63, 3.8) is 0 Å². The van der Waals surface area contributed by atoms with Crippen LogP contribution < -0.4 is 16.1 Å². The van der Waals surface area contributed by atoms with E-state index in [1.54, 1.807) is 6.92 Å². The van der Waals surface area contributed by atoms with Gasteiger partial charge in [-0.15, -0.1) is 0 Å². The molecule has 148 valence electrons. The smallest absolute Gasteiger partial charge is 0.344 e. The Bertz CT molecular complexity index is 734. The SMILES string of the molecule is CCC1(C)NC(=O)N(NC(=O)COC(=O)CN2C(=O)NC(C)(C)C2=O)C1=O. The lowest BCUT2D eigenvalue weighted by molar-refractivity contribution is -0.152. The van der Waals surface area contributed by atoms with Crippen molar-refractivity contribution >= 4 is 35.8 Å². The summed E-state index contributed by atoms with van der Waals surface area (Å²) >= 11 is 0. The van der Waals surface area contributed by atoms with Crippen LogP contribution in [0.1, 0.15) is 34.1 Å². The van der Waals surface area contributed by atoms with Crippen molar-refractivity contribution in [2.45, 2.75) is 45.2 Å². The first-order chi connectivity index (χ1) is 12.4. The highest BCUT2D eigenvalue weighted by molar-refractivity contribution is 6.09. The Morgan fingerprint density at radius 3 is 2.15 bits per heavy atom. The number of amides is 7. The highest BCUT2D eigenvalue weighted by Crippen LogP contribution is 2.19. The third kappa shape index (κ3) is 3.83. The van der Waals surface area contributed by atoms with Crippen molar-refractivity contribution in [3.05, 3.63) is 0 Å². The largest absolute Gasteiger partial charge is 0.454 e. The minimum Gasteiger partial charge on any atom is -0.454 e. The standard InChI is InChI=1S/C15H21N5O7/c1-5-15(4)11(24)20(13(26)17-15)18-8(21)7-27-9(22)6-19-10(23)14(2,3)16-12(19)25/h5-7H2,1-4H3,(H,16,25)(H,17,26)(H,18,21). The predicted molar refractivity (Wildman–Crippen MR) is 87.5 cm³/mol. The van der Waals surface area contributed by atoms with Crippen LogP contribution in [0.15, 0.2) is 0 Å².